The molecular weight excluding hydrogens is 453 g/mol. The van der Waals surface area contributed by atoms with Gasteiger partial charge in [-0.25, -0.2) is 0 Å². The topological polar surface area (TPSA) is 12.0 Å². The van der Waals surface area contributed by atoms with Gasteiger partial charge in [0.15, 0.2) is 0 Å². The molecule has 0 bridgehead atoms. The summed E-state index contributed by atoms with van der Waals surface area (Å²) in [5.41, 5.74) is 6.19. The van der Waals surface area contributed by atoms with E-state index in [0.717, 1.165) is 5.92 Å². The van der Waals surface area contributed by atoms with Crippen LogP contribution in [-0.2, 0) is 0 Å². The van der Waals surface area contributed by atoms with Crippen LogP contribution in [-0.4, -0.2) is 5.54 Å². The summed E-state index contributed by atoms with van der Waals surface area (Å²) < 4.78 is 1.30. The van der Waals surface area contributed by atoms with Gasteiger partial charge < -0.3 is 5.32 Å². The van der Waals surface area contributed by atoms with Crippen molar-refractivity contribution >= 4 is 33.9 Å². The monoisotopic (exact) mass is 485 g/mol. The van der Waals surface area contributed by atoms with E-state index in [4.69, 9.17) is 0 Å². The Hall–Kier alpha value is -1.29. The normalized spacial score (nSPS) is 23.9. The molecule has 2 aliphatic carbocycles. The first-order valence-corrected chi connectivity index (χ1v) is 12.1. The third-order valence-electron chi connectivity index (χ3n) is 6.72. The molecule has 2 aromatic rings. The van der Waals surface area contributed by atoms with Crippen molar-refractivity contribution in [3.8, 4) is 0 Å². The van der Waals surface area contributed by atoms with Crippen LogP contribution in [0, 0.1) is 9.49 Å². The van der Waals surface area contributed by atoms with Gasteiger partial charge in [-0.1, -0.05) is 68.5 Å². The molecule has 2 heteroatoms. The first-order valence-electron chi connectivity index (χ1n) is 11.0. The Balaban J connectivity index is 1.70. The van der Waals surface area contributed by atoms with Gasteiger partial charge in [0.1, 0.15) is 0 Å². The summed E-state index contributed by atoms with van der Waals surface area (Å²) in [4.78, 5) is 0. The smallest absolute Gasteiger partial charge is 0.0661 e. The van der Waals surface area contributed by atoms with E-state index in [2.05, 4.69) is 89.4 Å². The number of benzene rings is 2. The number of allylic oxidation sites excluding steroid dienone is 1. The molecule has 1 nitrogen and oxygen atoms in total. The summed E-state index contributed by atoms with van der Waals surface area (Å²) in [5, 5.41) is 4.06. The molecule has 0 aromatic heterocycles. The molecule has 0 saturated heterocycles. The van der Waals surface area contributed by atoms with E-state index in [1.807, 2.05) is 0 Å². The molecule has 148 valence electrons. The van der Waals surface area contributed by atoms with Crippen molar-refractivity contribution in [2.24, 2.45) is 5.92 Å². The molecule has 2 aliphatic rings. The third kappa shape index (κ3) is 4.03. The lowest BCUT2D eigenvalue weighted by atomic mass is 9.81. The van der Waals surface area contributed by atoms with Crippen molar-refractivity contribution in [3.05, 3.63) is 69.3 Å². The number of anilines is 1. The van der Waals surface area contributed by atoms with Gasteiger partial charge in [-0.05, 0) is 96.0 Å². The molecule has 0 aliphatic heterocycles. The lowest BCUT2D eigenvalue weighted by Gasteiger charge is -2.36. The van der Waals surface area contributed by atoms with Crippen LogP contribution < -0.4 is 5.32 Å². The van der Waals surface area contributed by atoms with E-state index in [1.54, 1.807) is 11.1 Å². The summed E-state index contributed by atoms with van der Waals surface area (Å²) in [6.45, 7) is 2.30. The molecule has 4 rings (SSSR count). The summed E-state index contributed by atoms with van der Waals surface area (Å²) in [7, 11) is 0. The standard InChI is InChI=1S/C26H32IN/c1-2-3-4-6-12-21-19-22-13-9-18-26(22,25(21)20-10-7-5-8-11-20)28-24-16-14-23(27)15-17-24/h5,7-8,10-11,14-17,22,28H,2-4,6,9,12-13,18-19H2,1H3/t22-,26+/m1/s1. The van der Waals surface area contributed by atoms with Crippen LogP contribution >= 0.6 is 22.6 Å². The van der Waals surface area contributed by atoms with Gasteiger partial charge in [0.05, 0.1) is 5.54 Å². The minimum Gasteiger partial charge on any atom is -0.375 e. The maximum absolute atomic E-state index is 4.06. The zero-order valence-electron chi connectivity index (χ0n) is 17.0. The SMILES string of the molecule is CCCCCCC1=C(c2ccccc2)[C@]2(Nc3ccc(I)cc3)CCC[C@@H]2C1. The number of hydrogen-bond acceptors (Lipinski definition) is 1. The Kier molecular flexibility index (Phi) is 6.45. The summed E-state index contributed by atoms with van der Waals surface area (Å²) in [6.07, 6.45) is 11.9. The maximum atomic E-state index is 4.06. The van der Waals surface area contributed by atoms with Gasteiger partial charge in [-0.3, -0.25) is 0 Å². The third-order valence-corrected chi connectivity index (χ3v) is 7.44. The summed E-state index contributed by atoms with van der Waals surface area (Å²) in [5.74, 6) is 0.739. The van der Waals surface area contributed by atoms with Crippen molar-refractivity contribution < 1.29 is 0 Å². The molecule has 0 radical (unpaired) electrons. The summed E-state index contributed by atoms with van der Waals surface area (Å²) >= 11 is 2.39. The second-order valence-electron chi connectivity index (χ2n) is 8.55. The van der Waals surface area contributed by atoms with Gasteiger partial charge >= 0.3 is 0 Å². The largest absolute Gasteiger partial charge is 0.375 e. The molecule has 1 saturated carbocycles. The number of rotatable bonds is 8. The fourth-order valence-corrected chi connectivity index (χ4v) is 5.83. The Morgan fingerprint density at radius 3 is 2.54 bits per heavy atom. The van der Waals surface area contributed by atoms with Crippen molar-refractivity contribution in [2.45, 2.75) is 70.3 Å². The van der Waals surface area contributed by atoms with Gasteiger partial charge in [0, 0.05) is 9.26 Å². The minimum atomic E-state index is 0.119. The van der Waals surface area contributed by atoms with E-state index in [0.29, 0.717) is 0 Å². The molecule has 0 amide bonds. The highest BCUT2D eigenvalue weighted by Gasteiger charge is 2.51. The lowest BCUT2D eigenvalue weighted by Crippen LogP contribution is -2.40. The van der Waals surface area contributed by atoms with Gasteiger partial charge in [0.25, 0.3) is 0 Å². The Bertz CT molecular complexity index is 808. The van der Waals surface area contributed by atoms with Crippen LogP contribution in [0.5, 0.6) is 0 Å². The fraction of sp³-hybridized carbons (Fsp3) is 0.462. The first-order chi connectivity index (χ1) is 13.7. The zero-order chi connectivity index (χ0) is 19.4. The number of fused-ring (bicyclic) bond motifs is 1. The molecule has 2 aromatic carbocycles. The number of unbranched alkanes of at least 4 members (excludes halogenated alkanes) is 3. The highest BCUT2D eigenvalue weighted by Crippen LogP contribution is 2.56. The number of nitrogens with one attached hydrogen (secondary N) is 1. The molecule has 0 heterocycles. The van der Waals surface area contributed by atoms with E-state index >= 15 is 0 Å². The number of hydrogen-bond donors (Lipinski definition) is 1. The second-order valence-corrected chi connectivity index (χ2v) is 9.80. The average Bonchev–Trinajstić information content (AvgIpc) is 3.23. The van der Waals surface area contributed by atoms with E-state index in [-0.39, 0.29) is 5.54 Å². The quantitative estimate of drug-likeness (QED) is 0.295. The molecule has 1 N–H and O–H groups in total. The molecule has 0 spiro atoms. The van der Waals surface area contributed by atoms with Gasteiger partial charge in [0.2, 0.25) is 0 Å². The second kappa shape index (κ2) is 9.02. The van der Waals surface area contributed by atoms with E-state index < -0.39 is 0 Å². The molecule has 2 atom stereocenters. The van der Waals surface area contributed by atoms with Crippen LogP contribution in [0.3, 0.4) is 0 Å². The highest BCUT2D eigenvalue weighted by atomic mass is 127. The molecule has 1 fully saturated rings. The molecule has 0 unspecified atom stereocenters. The van der Waals surface area contributed by atoms with Crippen molar-refractivity contribution in [3.63, 3.8) is 0 Å². The Labute approximate surface area is 184 Å². The molecule has 28 heavy (non-hydrogen) atoms. The Morgan fingerprint density at radius 2 is 1.79 bits per heavy atom. The van der Waals surface area contributed by atoms with Crippen molar-refractivity contribution in [1.29, 1.82) is 0 Å². The minimum absolute atomic E-state index is 0.119. The maximum Gasteiger partial charge on any atom is 0.0661 e. The lowest BCUT2D eigenvalue weighted by molar-refractivity contribution is 0.453. The fourth-order valence-electron chi connectivity index (χ4n) is 5.47. The highest BCUT2D eigenvalue weighted by molar-refractivity contribution is 14.1. The predicted molar refractivity (Wildman–Crippen MR) is 130 cm³/mol. The van der Waals surface area contributed by atoms with Crippen LogP contribution in [0.15, 0.2) is 60.2 Å². The van der Waals surface area contributed by atoms with E-state index in [1.165, 1.54) is 72.6 Å². The van der Waals surface area contributed by atoms with Crippen LogP contribution in [0.4, 0.5) is 5.69 Å². The first kappa shape index (κ1) is 20.0. The van der Waals surface area contributed by atoms with Crippen molar-refractivity contribution in [2.75, 3.05) is 5.32 Å². The number of halogens is 1. The van der Waals surface area contributed by atoms with Crippen molar-refractivity contribution in [1.82, 2.24) is 0 Å². The van der Waals surface area contributed by atoms with Crippen LogP contribution in [0.2, 0.25) is 0 Å². The summed E-state index contributed by atoms with van der Waals surface area (Å²) in [6, 6.07) is 20.2. The molecular formula is C26H32IN. The van der Waals surface area contributed by atoms with Crippen LogP contribution in [0.25, 0.3) is 5.57 Å². The Morgan fingerprint density at radius 1 is 1.00 bits per heavy atom. The van der Waals surface area contributed by atoms with Gasteiger partial charge in [-0.2, -0.15) is 0 Å². The van der Waals surface area contributed by atoms with E-state index in [9.17, 15) is 0 Å². The van der Waals surface area contributed by atoms with Crippen LogP contribution in [0.1, 0.15) is 70.3 Å². The zero-order valence-corrected chi connectivity index (χ0v) is 19.2. The van der Waals surface area contributed by atoms with Gasteiger partial charge in [-0.15, -0.1) is 0 Å². The average molecular weight is 485 g/mol. The predicted octanol–water partition coefficient (Wildman–Crippen LogP) is 8.07.